The van der Waals surface area contributed by atoms with E-state index in [9.17, 15) is 4.79 Å². The zero-order chi connectivity index (χ0) is 11.5. The van der Waals surface area contributed by atoms with E-state index < -0.39 is 0 Å². The highest BCUT2D eigenvalue weighted by molar-refractivity contribution is 5.73. The summed E-state index contributed by atoms with van der Waals surface area (Å²) in [4.78, 5) is 15.7. The third-order valence-electron chi connectivity index (χ3n) is 3.91. The van der Waals surface area contributed by atoms with Gasteiger partial charge in [0.2, 0.25) is 5.91 Å². The average Bonchev–Trinajstić information content (AvgIpc) is 2.30. The molecule has 2 aliphatic heterocycles. The summed E-state index contributed by atoms with van der Waals surface area (Å²) in [7, 11) is 0. The molecule has 0 saturated carbocycles. The molecule has 0 aromatic rings. The molecule has 2 rings (SSSR count). The van der Waals surface area contributed by atoms with Gasteiger partial charge in [0.05, 0.1) is 0 Å². The number of carbonyl (C=O) groups is 1. The van der Waals surface area contributed by atoms with Crippen molar-refractivity contribution in [2.24, 2.45) is 0 Å². The predicted molar refractivity (Wildman–Crippen MR) is 64.3 cm³/mol. The molecule has 16 heavy (non-hydrogen) atoms. The van der Waals surface area contributed by atoms with E-state index in [4.69, 9.17) is 0 Å². The van der Waals surface area contributed by atoms with Crippen molar-refractivity contribution in [3.63, 3.8) is 0 Å². The van der Waals surface area contributed by atoms with Crippen molar-refractivity contribution in [1.82, 2.24) is 15.1 Å². The third-order valence-corrected chi connectivity index (χ3v) is 3.91. The molecule has 1 amide bonds. The maximum atomic E-state index is 11.2. The number of carbonyl (C=O) groups excluding carboxylic acids is 1. The first-order valence-corrected chi connectivity index (χ1v) is 6.40. The van der Waals surface area contributed by atoms with E-state index in [0.29, 0.717) is 12.1 Å². The Morgan fingerprint density at radius 3 is 2.38 bits per heavy atom. The fourth-order valence-electron chi connectivity index (χ4n) is 2.70. The molecule has 0 radical (unpaired) electrons. The van der Waals surface area contributed by atoms with E-state index in [1.54, 1.807) is 6.92 Å². The number of hydrogen-bond donors (Lipinski definition) is 1. The molecule has 0 spiro atoms. The lowest BCUT2D eigenvalue weighted by Crippen LogP contribution is -2.56. The largest absolute Gasteiger partial charge is 0.340 e. The number of nitrogens with one attached hydrogen (secondary N) is 1. The van der Waals surface area contributed by atoms with Crippen LogP contribution in [-0.4, -0.2) is 60.5 Å². The van der Waals surface area contributed by atoms with Crippen molar-refractivity contribution in [2.75, 3.05) is 32.7 Å². The molecule has 0 aromatic carbocycles. The second-order valence-corrected chi connectivity index (χ2v) is 5.08. The van der Waals surface area contributed by atoms with Crippen molar-refractivity contribution in [3.8, 4) is 0 Å². The van der Waals surface area contributed by atoms with Crippen LogP contribution in [0.25, 0.3) is 0 Å². The molecule has 2 heterocycles. The summed E-state index contributed by atoms with van der Waals surface area (Å²) in [6, 6.07) is 1.36. The van der Waals surface area contributed by atoms with Crippen LogP contribution < -0.4 is 5.32 Å². The van der Waals surface area contributed by atoms with Gasteiger partial charge >= 0.3 is 0 Å². The summed E-state index contributed by atoms with van der Waals surface area (Å²) < 4.78 is 0. The Bertz CT molecular complexity index is 241. The maximum absolute atomic E-state index is 11.2. The van der Waals surface area contributed by atoms with Gasteiger partial charge in [-0.15, -0.1) is 0 Å². The van der Waals surface area contributed by atoms with Crippen molar-refractivity contribution in [3.05, 3.63) is 0 Å². The lowest BCUT2D eigenvalue weighted by atomic mass is 10.00. The zero-order valence-electron chi connectivity index (χ0n) is 10.4. The van der Waals surface area contributed by atoms with Crippen molar-refractivity contribution in [2.45, 2.75) is 38.8 Å². The molecule has 4 heteroatoms. The first-order valence-electron chi connectivity index (χ1n) is 6.40. The smallest absolute Gasteiger partial charge is 0.219 e. The molecule has 0 aromatic heterocycles. The second kappa shape index (κ2) is 5.15. The van der Waals surface area contributed by atoms with Gasteiger partial charge in [-0.3, -0.25) is 9.69 Å². The summed E-state index contributed by atoms with van der Waals surface area (Å²) in [6.45, 7) is 8.92. The first-order chi connectivity index (χ1) is 7.66. The van der Waals surface area contributed by atoms with E-state index in [2.05, 4.69) is 17.1 Å². The van der Waals surface area contributed by atoms with Gasteiger partial charge in [-0.25, -0.2) is 0 Å². The van der Waals surface area contributed by atoms with Gasteiger partial charge < -0.3 is 10.2 Å². The van der Waals surface area contributed by atoms with Crippen LogP contribution in [-0.2, 0) is 4.79 Å². The summed E-state index contributed by atoms with van der Waals surface area (Å²) in [5, 5.41) is 3.54. The molecular weight excluding hydrogens is 202 g/mol. The van der Waals surface area contributed by atoms with Gasteiger partial charge in [-0.1, -0.05) is 0 Å². The molecule has 2 aliphatic rings. The van der Waals surface area contributed by atoms with Gasteiger partial charge in [-0.2, -0.15) is 0 Å². The predicted octanol–water partition coefficient (Wildman–Crippen LogP) is 0.291. The van der Waals surface area contributed by atoms with E-state index in [0.717, 1.165) is 32.7 Å². The Balaban J connectivity index is 1.78. The van der Waals surface area contributed by atoms with E-state index in [1.165, 1.54) is 12.8 Å². The number of hydrogen-bond acceptors (Lipinski definition) is 3. The molecule has 2 saturated heterocycles. The Hall–Kier alpha value is -0.610. The molecular formula is C12H23N3O. The molecule has 92 valence electrons. The van der Waals surface area contributed by atoms with Gasteiger partial charge in [0.25, 0.3) is 0 Å². The Morgan fingerprint density at radius 2 is 1.88 bits per heavy atom. The van der Waals surface area contributed by atoms with Crippen LogP contribution in [0.5, 0.6) is 0 Å². The van der Waals surface area contributed by atoms with Crippen LogP contribution in [0.4, 0.5) is 0 Å². The van der Waals surface area contributed by atoms with Crippen LogP contribution in [0, 0.1) is 0 Å². The summed E-state index contributed by atoms with van der Waals surface area (Å²) in [6.07, 6.45) is 2.58. The highest BCUT2D eigenvalue weighted by atomic mass is 16.2. The number of piperazine rings is 1. The summed E-state index contributed by atoms with van der Waals surface area (Å²) >= 11 is 0. The zero-order valence-corrected chi connectivity index (χ0v) is 10.4. The van der Waals surface area contributed by atoms with Crippen molar-refractivity contribution < 1.29 is 4.79 Å². The number of rotatable bonds is 1. The molecule has 1 N–H and O–H groups in total. The van der Waals surface area contributed by atoms with Crippen molar-refractivity contribution in [1.29, 1.82) is 0 Å². The monoisotopic (exact) mass is 225 g/mol. The number of nitrogens with zero attached hydrogens (tertiary/aromatic N) is 2. The molecule has 0 aliphatic carbocycles. The van der Waals surface area contributed by atoms with E-state index in [-0.39, 0.29) is 5.91 Å². The fraction of sp³-hybridized carbons (Fsp3) is 0.917. The van der Waals surface area contributed by atoms with E-state index in [1.807, 2.05) is 4.90 Å². The molecule has 0 bridgehead atoms. The quantitative estimate of drug-likeness (QED) is 0.697. The number of amides is 1. The van der Waals surface area contributed by atoms with Crippen LogP contribution in [0.1, 0.15) is 26.7 Å². The minimum absolute atomic E-state index is 0.218. The van der Waals surface area contributed by atoms with Crippen LogP contribution in [0.3, 0.4) is 0 Å². The first kappa shape index (κ1) is 11.9. The Kier molecular flexibility index (Phi) is 3.82. The lowest BCUT2D eigenvalue weighted by Gasteiger charge is -2.41. The topological polar surface area (TPSA) is 35.6 Å². The average molecular weight is 225 g/mol. The normalized spacial score (nSPS) is 32.8. The standard InChI is InChI=1S/C12H23N3O/c1-10-3-4-12(9-13-10)15-7-5-14(6-8-15)11(2)16/h10,12-13H,3-9H2,1-2H3. The molecule has 2 fully saturated rings. The number of piperidine rings is 1. The fourth-order valence-corrected chi connectivity index (χ4v) is 2.70. The SMILES string of the molecule is CC(=O)N1CCN(C2CCC(C)NC2)CC1. The Morgan fingerprint density at radius 1 is 1.19 bits per heavy atom. The van der Waals surface area contributed by atoms with Gasteiger partial charge in [-0.05, 0) is 19.8 Å². The van der Waals surface area contributed by atoms with E-state index >= 15 is 0 Å². The minimum atomic E-state index is 0.218. The highest BCUT2D eigenvalue weighted by Crippen LogP contribution is 2.15. The Labute approximate surface area is 98.0 Å². The van der Waals surface area contributed by atoms with Gasteiger partial charge in [0.1, 0.15) is 0 Å². The second-order valence-electron chi connectivity index (χ2n) is 5.08. The van der Waals surface area contributed by atoms with Crippen molar-refractivity contribution >= 4 is 5.91 Å². The summed E-state index contributed by atoms with van der Waals surface area (Å²) in [5.74, 6) is 0.218. The minimum Gasteiger partial charge on any atom is -0.340 e. The molecule has 2 atom stereocenters. The van der Waals surface area contributed by atoms with Crippen LogP contribution >= 0.6 is 0 Å². The van der Waals surface area contributed by atoms with Gasteiger partial charge in [0, 0.05) is 51.7 Å². The lowest BCUT2D eigenvalue weighted by molar-refractivity contribution is -0.130. The molecule has 2 unspecified atom stereocenters. The highest BCUT2D eigenvalue weighted by Gasteiger charge is 2.27. The maximum Gasteiger partial charge on any atom is 0.219 e. The summed E-state index contributed by atoms with van der Waals surface area (Å²) in [5.41, 5.74) is 0. The third kappa shape index (κ3) is 2.74. The van der Waals surface area contributed by atoms with Crippen LogP contribution in [0.15, 0.2) is 0 Å². The van der Waals surface area contributed by atoms with Gasteiger partial charge in [0.15, 0.2) is 0 Å². The van der Waals surface area contributed by atoms with Crippen LogP contribution in [0.2, 0.25) is 0 Å². The molecule has 4 nitrogen and oxygen atoms in total.